The van der Waals surface area contributed by atoms with Gasteiger partial charge in [-0.2, -0.15) is 0 Å². The van der Waals surface area contributed by atoms with Crippen molar-refractivity contribution in [2.75, 3.05) is 11.9 Å². The molecule has 1 fully saturated rings. The van der Waals surface area contributed by atoms with E-state index in [1.807, 2.05) is 18.2 Å². The number of phenols is 1. The predicted molar refractivity (Wildman–Crippen MR) is 111 cm³/mol. The molecule has 1 saturated carbocycles. The van der Waals surface area contributed by atoms with E-state index in [0.29, 0.717) is 12.0 Å². The first kappa shape index (κ1) is 17.9. The van der Waals surface area contributed by atoms with Gasteiger partial charge < -0.3 is 15.3 Å². The number of nitrogens with zero attached hydrogens (tertiary/aromatic N) is 2. The van der Waals surface area contributed by atoms with Crippen LogP contribution in [0.2, 0.25) is 0 Å². The summed E-state index contributed by atoms with van der Waals surface area (Å²) in [6.07, 6.45) is 5.99. The summed E-state index contributed by atoms with van der Waals surface area (Å²) in [6.45, 7) is 4.12. The Hall–Kier alpha value is -2.49. The van der Waals surface area contributed by atoms with Crippen molar-refractivity contribution < 1.29 is 5.11 Å². The fraction of sp³-hybridized carbons (Fsp3) is 0.435. The van der Waals surface area contributed by atoms with Crippen molar-refractivity contribution in [3.8, 4) is 5.75 Å². The molecule has 2 aliphatic rings. The average molecular weight is 364 g/mol. The van der Waals surface area contributed by atoms with Crippen molar-refractivity contribution in [1.29, 1.82) is 0 Å². The number of hydrogen-bond donors (Lipinski definition) is 2. The molecular weight excluding hydrogens is 334 g/mol. The van der Waals surface area contributed by atoms with Crippen molar-refractivity contribution in [3.63, 3.8) is 0 Å². The molecule has 0 amide bonds. The van der Waals surface area contributed by atoms with E-state index in [0.717, 1.165) is 37.6 Å². The standard InChI is InChI=1S/C23H29N3O/c1-17-8-2-5-11-20(17)24-23(25-21-12-6-7-13-22(21)27)26-15-14-18-9-3-4-10-19(18)16-26/h3-4,6-7,9-10,12-13,17,20,27H,2,5,8,11,14-16H2,1H3,(H,24,25). The van der Waals surface area contributed by atoms with Crippen LogP contribution in [0.3, 0.4) is 0 Å². The van der Waals surface area contributed by atoms with E-state index >= 15 is 0 Å². The molecule has 0 aromatic heterocycles. The lowest BCUT2D eigenvalue weighted by atomic mass is 9.86. The maximum absolute atomic E-state index is 10.2. The third-order valence-electron chi connectivity index (χ3n) is 5.94. The van der Waals surface area contributed by atoms with Crippen molar-refractivity contribution in [3.05, 3.63) is 59.7 Å². The Labute approximate surface area is 161 Å². The van der Waals surface area contributed by atoms with Crippen LogP contribution in [-0.2, 0) is 13.0 Å². The van der Waals surface area contributed by atoms with Crippen LogP contribution < -0.4 is 5.32 Å². The van der Waals surface area contributed by atoms with E-state index in [4.69, 9.17) is 4.99 Å². The molecule has 142 valence electrons. The number of hydrogen-bond acceptors (Lipinski definition) is 2. The molecule has 4 rings (SSSR count). The summed E-state index contributed by atoms with van der Waals surface area (Å²) < 4.78 is 0. The zero-order chi connectivity index (χ0) is 18.6. The van der Waals surface area contributed by atoms with Gasteiger partial charge in [0, 0.05) is 13.1 Å². The van der Waals surface area contributed by atoms with Gasteiger partial charge in [0.15, 0.2) is 5.96 Å². The number of fused-ring (bicyclic) bond motifs is 1. The Bertz CT molecular complexity index is 817. The van der Waals surface area contributed by atoms with Gasteiger partial charge in [0.1, 0.15) is 5.75 Å². The van der Waals surface area contributed by atoms with Gasteiger partial charge in [-0.05, 0) is 48.4 Å². The molecule has 0 radical (unpaired) electrons. The highest BCUT2D eigenvalue weighted by molar-refractivity contribution is 5.95. The minimum Gasteiger partial charge on any atom is -0.506 e. The number of benzene rings is 2. The highest BCUT2D eigenvalue weighted by Gasteiger charge is 2.25. The van der Waals surface area contributed by atoms with E-state index in [9.17, 15) is 5.11 Å². The van der Waals surface area contributed by atoms with Gasteiger partial charge in [-0.3, -0.25) is 0 Å². The number of aromatic hydroxyl groups is 1. The predicted octanol–water partition coefficient (Wildman–Crippen LogP) is 4.80. The fourth-order valence-electron chi connectivity index (χ4n) is 4.21. The Balaban J connectivity index is 1.62. The molecule has 1 aliphatic carbocycles. The summed E-state index contributed by atoms with van der Waals surface area (Å²) in [4.78, 5) is 7.50. The van der Waals surface area contributed by atoms with Crippen molar-refractivity contribution in [2.45, 2.75) is 51.6 Å². The average Bonchev–Trinajstić information content (AvgIpc) is 2.70. The first-order valence-corrected chi connectivity index (χ1v) is 10.2. The van der Waals surface area contributed by atoms with Crippen LogP contribution in [0.5, 0.6) is 5.75 Å². The lowest BCUT2D eigenvalue weighted by molar-refractivity contribution is 0.323. The molecule has 27 heavy (non-hydrogen) atoms. The number of nitrogens with one attached hydrogen (secondary N) is 1. The zero-order valence-electron chi connectivity index (χ0n) is 16.1. The minimum atomic E-state index is 0.263. The number of para-hydroxylation sites is 2. The number of guanidine groups is 1. The van der Waals surface area contributed by atoms with Crippen LogP contribution >= 0.6 is 0 Å². The van der Waals surface area contributed by atoms with Crippen LogP contribution in [-0.4, -0.2) is 28.6 Å². The Morgan fingerprint density at radius 2 is 1.78 bits per heavy atom. The molecule has 2 atom stereocenters. The molecule has 2 unspecified atom stereocenters. The number of rotatable bonds is 2. The van der Waals surface area contributed by atoms with Gasteiger partial charge in [-0.1, -0.05) is 56.2 Å². The zero-order valence-corrected chi connectivity index (χ0v) is 16.1. The molecule has 1 aliphatic heterocycles. The van der Waals surface area contributed by atoms with Crippen LogP contribution in [0.15, 0.2) is 53.5 Å². The van der Waals surface area contributed by atoms with E-state index < -0.39 is 0 Å². The van der Waals surface area contributed by atoms with Gasteiger partial charge in [-0.25, -0.2) is 4.99 Å². The SMILES string of the molecule is CC1CCCCC1N=C(Nc1ccccc1O)N1CCc2ccccc2C1. The Morgan fingerprint density at radius 1 is 1.04 bits per heavy atom. The van der Waals surface area contributed by atoms with E-state index in [-0.39, 0.29) is 5.75 Å². The Kier molecular flexibility index (Phi) is 5.33. The second-order valence-corrected chi connectivity index (χ2v) is 7.86. The van der Waals surface area contributed by atoms with Crippen LogP contribution in [0.1, 0.15) is 43.7 Å². The summed E-state index contributed by atoms with van der Waals surface area (Å²) in [5.41, 5.74) is 3.52. The molecule has 4 heteroatoms. The smallest absolute Gasteiger partial charge is 0.199 e. The van der Waals surface area contributed by atoms with E-state index in [1.54, 1.807) is 6.07 Å². The molecule has 1 heterocycles. The molecule has 0 spiro atoms. The molecule has 2 aromatic rings. The maximum Gasteiger partial charge on any atom is 0.199 e. The quantitative estimate of drug-likeness (QED) is 0.458. The lowest BCUT2D eigenvalue weighted by Gasteiger charge is -2.34. The molecular formula is C23H29N3O. The van der Waals surface area contributed by atoms with Crippen LogP contribution in [0.4, 0.5) is 5.69 Å². The first-order valence-electron chi connectivity index (χ1n) is 10.2. The van der Waals surface area contributed by atoms with E-state index in [1.165, 1.54) is 30.4 Å². The van der Waals surface area contributed by atoms with Crippen molar-refractivity contribution in [2.24, 2.45) is 10.9 Å². The second-order valence-electron chi connectivity index (χ2n) is 7.86. The highest BCUT2D eigenvalue weighted by atomic mass is 16.3. The largest absolute Gasteiger partial charge is 0.506 e. The highest BCUT2D eigenvalue weighted by Crippen LogP contribution is 2.29. The van der Waals surface area contributed by atoms with Gasteiger partial charge >= 0.3 is 0 Å². The maximum atomic E-state index is 10.2. The molecule has 2 aromatic carbocycles. The van der Waals surface area contributed by atoms with Crippen LogP contribution in [0.25, 0.3) is 0 Å². The third-order valence-corrected chi connectivity index (χ3v) is 5.94. The Morgan fingerprint density at radius 3 is 2.59 bits per heavy atom. The van der Waals surface area contributed by atoms with Crippen LogP contribution in [0, 0.1) is 5.92 Å². The molecule has 0 saturated heterocycles. The topological polar surface area (TPSA) is 47.9 Å². The van der Waals surface area contributed by atoms with Gasteiger partial charge in [0.25, 0.3) is 0 Å². The summed E-state index contributed by atoms with van der Waals surface area (Å²) in [6, 6.07) is 16.4. The van der Waals surface area contributed by atoms with Gasteiger partial charge in [0.2, 0.25) is 0 Å². The van der Waals surface area contributed by atoms with Gasteiger partial charge in [0.05, 0.1) is 11.7 Å². The normalized spacial score (nSPS) is 23.0. The second kappa shape index (κ2) is 8.03. The third kappa shape index (κ3) is 4.10. The first-order chi connectivity index (χ1) is 13.2. The lowest BCUT2D eigenvalue weighted by Crippen LogP contribution is -2.41. The molecule has 2 N–H and O–H groups in total. The monoisotopic (exact) mass is 363 g/mol. The number of aliphatic imine (C=N–C) groups is 1. The minimum absolute atomic E-state index is 0.263. The summed E-state index contributed by atoms with van der Waals surface area (Å²) in [5, 5.41) is 13.7. The number of anilines is 1. The van der Waals surface area contributed by atoms with Crippen molar-refractivity contribution in [1.82, 2.24) is 4.90 Å². The summed E-state index contributed by atoms with van der Waals surface area (Å²) in [5.74, 6) is 1.76. The fourth-order valence-corrected chi connectivity index (χ4v) is 4.21. The molecule has 0 bridgehead atoms. The van der Waals surface area contributed by atoms with E-state index in [2.05, 4.69) is 41.4 Å². The summed E-state index contributed by atoms with van der Waals surface area (Å²) in [7, 11) is 0. The molecule has 4 nitrogen and oxygen atoms in total. The van der Waals surface area contributed by atoms with Gasteiger partial charge in [-0.15, -0.1) is 0 Å². The van der Waals surface area contributed by atoms with Crippen molar-refractivity contribution >= 4 is 11.6 Å². The number of phenolic OH excluding ortho intramolecular Hbond substituents is 1. The summed E-state index contributed by atoms with van der Waals surface area (Å²) >= 11 is 0.